The van der Waals surface area contributed by atoms with Crippen LogP contribution in [0.25, 0.3) is 11.3 Å². The third-order valence-electron chi connectivity index (χ3n) is 7.14. The maximum atomic E-state index is 13.6. The van der Waals surface area contributed by atoms with Crippen LogP contribution in [0.1, 0.15) is 64.5 Å². The maximum absolute atomic E-state index is 13.6. The molecule has 1 aliphatic carbocycles. The fourth-order valence-electron chi connectivity index (χ4n) is 5.33. The van der Waals surface area contributed by atoms with Crippen LogP contribution in [-0.4, -0.2) is 45.4 Å². The first-order valence-corrected chi connectivity index (χ1v) is 11.6. The average Bonchev–Trinajstić information content (AvgIpc) is 3.39. The Morgan fingerprint density at radius 3 is 2.40 bits per heavy atom. The number of benzene rings is 2. The highest BCUT2D eigenvalue weighted by Crippen LogP contribution is 2.47. The van der Waals surface area contributed by atoms with Gasteiger partial charge in [0.05, 0.1) is 23.4 Å². The van der Waals surface area contributed by atoms with Crippen LogP contribution in [0, 0.1) is 6.92 Å². The molecule has 2 N–H and O–H groups in total. The Bertz CT molecular complexity index is 1240. The van der Waals surface area contributed by atoms with Crippen LogP contribution in [-0.2, 0) is 10.9 Å². The molecule has 2 aromatic carbocycles. The molecule has 1 atom stereocenters. The van der Waals surface area contributed by atoms with E-state index in [0.29, 0.717) is 22.4 Å². The molecular formula is C26H26F3N3O3. The Morgan fingerprint density at radius 2 is 1.77 bits per heavy atom. The zero-order chi connectivity index (χ0) is 24.9. The number of H-pyrrole nitrogens is 1. The van der Waals surface area contributed by atoms with E-state index in [1.165, 1.54) is 12.1 Å². The highest BCUT2D eigenvalue weighted by molar-refractivity contribution is 6.00. The van der Waals surface area contributed by atoms with Crippen molar-refractivity contribution < 1.29 is 27.8 Å². The molecule has 1 unspecified atom stereocenters. The number of halogens is 3. The largest absolute Gasteiger partial charge is 0.507 e. The minimum Gasteiger partial charge on any atom is -0.507 e. The number of nitrogens with zero attached hydrogens (tertiary/aromatic N) is 2. The van der Waals surface area contributed by atoms with Crippen LogP contribution >= 0.6 is 0 Å². The van der Waals surface area contributed by atoms with Crippen molar-refractivity contribution in [2.24, 2.45) is 0 Å². The Morgan fingerprint density at radius 1 is 1.09 bits per heavy atom. The smallest absolute Gasteiger partial charge is 0.416 e. The highest BCUT2D eigenvalue weighted by atomic mass is 19.4. The lowest BCUT2D eigenvalue weighted by Crippen LogP contribution is -2.42. The number of aromatic nitrogens is 2. The van der Waals surface area contributed by atoms with Gasteiger partial charge in [-0.3, -0.25) is 9.89 Å². The van der Waals surface area contributed by atoms with E-state index in [1.54, 1.807) is 30.2 Å². The van der Waals surface area contributed by atoms with Crippen molar-refractivity contribution in [1.82, 2.24) is 15.1 Å². The molecule has 1 aromatic heterocycles. The van der Waals surface area contributed by atoms with Gasteiger partial charge in [0.25, 0.3) is 5.91 Å². The number of phenolic OH excluding ortho intramolecular Hbond substituents is 1. The zero-order valence-electron chi connectivity index (χ0n) is 19.4. The number of methoxy groups -OCH3 is 1. The quantitative estimate of drug-likeness (QED) is 0.503. The first-order valence-electron chi connectivity index (χ1n) is 11.6. The van der Waals surface area contributed by atoms with Gasteiger partial charge in [0.1, 0.15) is 5.75 Å². The summed E-state index contributed by atoms with van der Waals surface area (Å²) in [5.74, 6) is -0.236. The number of nitrogens with one attached hydrogen (secondary N) is 1. The fourth-order valence-corrected chi connectivity index (χ4v) is 5.33. The molecule has 0 saturated heterocycles. The minimum absolute atomic E-state index is 0.0275. The number of aromatic hydroxyl groups is 1. The van der Waals surface area contributed by atoms with Gasteiger partial charge in [0, 0.05) is 24.3 Å². The van der Waals surface area contributed by atoms with Crippen molar-refractivity contribution >= 4 is 5.91 Å². The summed E-state index contributed by atoms with van der Waals surface area (Å²) in [5, 5.41) is 17.8. The van der Waals surface area contributed by atoms with E-state index in [4.69, 9.17) is 4.74 Å². The fraction of sp³-hybridized carbons (Fsp3) is 0.385. The number of phenols is 1. The molecule has 2 aliphatic rings. The SMILES string of the molecule is CO[C@H]1CC[C@H](N2C(=O)c3n[nH]c(-c4cc(C)ccc4O)c3C2c2ccc(C(F)(F)F)cc2)CC1. The van der Waals surface area contributed by atoms with Crippen LogP contribution in [0.3, 0.4) is 0 Å². The molecule has 5 rings (SSSR count). The van der Waals surface area contributed by atoms with E-state index in [-0.39, 0.29) is 29.5 Å². The first kappa shape index (κ1) is 23.4. The number of hydrogen-bond acceptors (Lipinski definition) is 4. The summed E-state index contributed by atoms with van der Waals surface area (Å²) in [7, 11) is 1.67. The molecule has 9 heteroatoms. The number of carbonyl (C=O) groups is 1. The number of aromatic amines is 1. The van der Waals surface area contributed by atoms with Gasteiger partial charge < -0.3 is 14.7 Å². The molecule has 2 heterocycles. The van der Waals surface area contributed by atoms with Crippen LogP contribution < -0.4 is 0 Å². The summed E-state index contributed by atoms with van der Waals surface area (Å²) < 4.78 is 45.2. The number of alkyl halides is 3. The van der Waals surface area contributed by atoms with Crippen molar-refractivity contribution in [3.8, 4) is 17.0 Å². The predicted molar refractivity (Wildman–Crippen MR) is 123 cm³/mol. The van der Waals surface area contributed by atoms with Crippen molar-refractivity contribution in [1.29, 1.82) is 0 Å². The number of carbonyl (C=O) groups excluding carboxylic acids is 1. The predicted octanol–water partition coefficient (Wildman–Crippen LogP) is 5.61. The van der Waals surface area contributed by atoms with Crippen molar-refractivity contribution in [3.05, 3.63) is 70.4 Å². The molecule has 1 amide bonds. The molecule has 35 heavy (non-hydrogen) atoms. The van der Waals surface area contributed by atoms with Gasteiger partial charge in [-0.15, -0.1) is 0 Å². The van der Waals surface area contributed by atoms with Crippen molar-refractivity contribution in [3.63, 3.8) is 0 Å². The number of rotatable bonds is 4. The van der Waals surface area contributed by atoms with E-state index < -0.39 is 17.8 Å². The number of fused-ring (bicyclic) bond motifs is 1. The van der Waals surface area contributed by atoms with E-state index in [2.05, 4.69) is 10.2 Å². The molecule has 1 aliphatic heterocycles. The summed E-state index contributed by atoms with van der Waals surface area (Å²) in [6.07, 6.45) is -1.30. The third-order valence-corrected chi connectivity index (χ3v) is 7.14. The summed E-state index contributed by atoms with van der Waals surface area (Å²) in [6.45, 7) is 1.89. The summed E-state index contributed by atoms with van der Waals surface area (Å²) >= 11 is 0. The Kier molecular flexibility index (Phi) is 5.83. The molecule has 3 aromatic rings. The second-order valence-corrected chi connectivity index (χ2v) is 9.28. The van der Waals surface area contributed by atoms with Crippen LogP contribution in [0.15, 0.2) is 42.5 Å². The highest BCUT2D eigenvalue weighted by Gasteiger charge is 2.46. The monoisotopic (exact) mass is 485 g/mol. The summed E-state index contributed by atoms with van der Waals surface area (Å²) in [4.78, 5) is 15.4. The second kappa shape index (κ2) is 8.71. The molecular weight excluding hydrogens is 459 g/mol. The molecule has 0 bridgehead atoms. The maximum Gasteiger partial charge on any atom is 0.416 e. The molecule has 1 fully saturated rings. The van der Waals surface area contributed by atoms with Crippen LogP contribution in [0.4, 0.5) is 13.2 Å². The van der Waals surface area contributed by atoms with Gasteiger partial charge >= 0.3 is 6.18 Å². The molecule has 6 nitrogen and oxygen atoms in total. The average molecular weight is 486 g/mol. The summed E-state index contributed by atoms with van der Waals surface area (Å²) in [6, 6.07) is 9.35. The molecule has 0 spiro atoms. The normalized spacial score (nSPS) is 22.5. The Hall–Kier alpha value is -3.33. The van der Waals surface area contributed by atoms with Crippen molar-refractivity contribution in [2.45, 2.75) is 57.0 Å². The van der Waals surface area contributed by atoms with E-state index in [1.807, 2.05) is 6.92 Å². The Labute approximate surface area is 200 Å². The van der Waals surface area contributed by atoms with Gasteiger partial charge in [-0.2, -0.15) is 18.3 Å². The van der Waals surface area contributed by atoms with Gasteiger partial charge in [-0.1, -0.05) is 23.8 Å². The first-order chi connectivity index (χ1) is 16.7. The van der Waals surface area contributed by atoms with Gasteiger partial charge in [0.2, 0.25) is 0 Å². The zero-order valence-corrected chi connectivity index (χ0v) is 19.4. The third kappa shape index (κ3) is 4.07. The number of amides is 1. The topological polar surface area (TPSA) is 78.5 Å². The second-order valence-electron chi connectivity index (χ2n) is 9.28. The number of ether oxygens (including phenoxy) is 1. The van der Waals surface area contributed by atoms with Crippen molar-refractivity contribution in [2.75, 3.05) is 7.11 Å². The van der Waals surface area contributed by atoms with Gasteiger partial charge in [0.15, 0.2) is 5.69 Å². The van der Waals surface area contributed by atoms with Crippen LogP contribution in [0.5, 0.6) is 5.75 Å². The van der Waals surface area contributed by atoms with Gasteiger partial charge in [-0.05, 0) is 62.4 Å². The number of hydrogen-bond donors (Lipinski definition) is 2. The van der Waals surface area contributed by atoms with Crippen LogP contribution in [0.2, 0.25) is 0 Å². The lowest BCUT2D eigenvalue weighted by molar-refractivity contribution is -0.137. The summed E-state index contributed by atoms with van der Waals surface area (Å²) in [5.41, 5.74) is 2.52. The lowest BCUT2D eigenvalue weighted by Gasteiger charge is -2.38. The molecule has 184 valence electrons. The molecule has 0 radical (unpaired) electrons. The van der Waals surface area contributed by atoms with E-state index >= 15 is 0 Å². The standard InChI is InChI=1S/C26H26F3N3O3/c1-14-3-12-20(33)19(13-14)22-21-23(31-30-22)25(34)32(17-8-10-18(35-2)11-9-17)24(21)15-4-6-16(7-5-15)26(27,28)29/h3-7,12-13,17-18,24,33H,8-11H2,1-2H3,(H,30,31)/t17-,18-,24?. The number of aryl methyl sites for hydroxylation is 1. The molecule has 1 saturated carbocycles. The Balaban J connectivity index is 1.63. The van der Waals surface area contributed by atoms with Gasteiger partial charge in [-0.25, -0.2) is 0 Å². The van der Waals surface area contributed by atoms with E-state index in [9.17, 15) is 23.1 Å². The lowest BCUT2D eigenvalue weighted by atomic mass is 9.89. The minimum atomic E-state index is -4.46. The van der Waals surface area contributed by atoms with E-state index in [0.717, 1.165) is 43.4 Å².